The molecule has 0 aliphatic heterocycles. The van der Waals surface area contributed by atoms with E-state index in [-0.39, 0.29) is 11.5 Å². The first-order chi connectivity index (χ1) is 11.5. The van der Waals surface area contributed by atoms with Gasteiger partial charge in [0.1, 0.15) is 0 Å². The minimum absolute atomic E-state index is 0.0874. The number of benzene rings is 2. The summed E-state index contributed by atoms with van der Waals surface area (Å²) in [6, 6.07) is 10.6. The Hall–Kier alpha value is -3.16. The Bertz CT molecular complexity index is 734. The van der Waals surface area contributed by atoms with E-state index in [1.807, 2.05) is 0 Å². The maximum atomic E-state index is 12.3. The molecule has 6 nitrogen and oxygen atoms in total. The van der Waals surface area contributed by atoms with E-state index in [0.717, 1.165) is 0 Å². The van der Waals surface area contributed by atoms with Crippen LogP contribution in [0.15, 0.2) is 47.6 Å². The second-order valence-corrected chi connectivity index (χ2v) is 4.61. The summed E-state index contributed by atoms with van der Waals surface area (Å²) in [5.41, 5.74) is 9.38. The van der Waals surface area contributed by atoms with Gasteiger partial charge in [-0.1, -0.05) is 0 Å². The lowest BCUT2D eigenvalue weighted by atomic mass is 10.2. The van der Waals surface area contributed by atoms with Gasteiger partial charge in [0.15, 0.2) is 11.5 Å². The highest BCUT2D eigenvalue weighted by atomic mass is 19.3. The Kier molecular flexibility index (Phi) is 5.67. The summed E-state index contributed by atoms with van der Waals surface area (Å²) in [4.78, 5) is 11.9. The molecule has 0 spiro atoms. The van der Waals surface area contributed by atoms with Gasteiger partial charge in [0, 0.05) is 11.3 Å². The van der Waals surface area contributed by atoms with E-state index >= 15 is 0 Å². The number of nitrogens with two attached hydrogens (primary N) is 1. The Morgan fingerprint density at radius 1 is 1.21 bits per heavy atom. The average Bonchev–Trinajstić information content (AvgIpc) is 2.56. The molecule has 0 radical (unpaired) electrons. The Labute approximate surface area is 136 Å². The molecular formula is C16H15F2N3O3. The smallest absolute Gasteiger partial charge is 0.387 e. The van der Waals surface area contributed by atoms with Crippen molar-refractivity contribution in [3.05, 3.63) is 53.6 Å². The van der Waals surface area contributed by atoms with Crippen LogP contribution in [0.5, 0.6) is 11.5 Å². The lowest BCUT2D eigenvalue weighted by molar-refractivity contribution is -0.0512. The third-order valence-electron chi connectivity index (χ3n) is 2.96. The van der Waals surface area contributed by atoms with Gasteiger partial charge < -0.3 is 15.2 Å². The first-order valence-electron chi connectivity index (χ1n) is 6.81. The van der Waals surface area contributed by atoms with Crippen LogP contribution in [0.3, 0.4) is 0 Å². The Balaban J connectivity index is 2.03. The molecule has 0 bridgehead atoms. The second-order valence-electron chi connectivity index (χ2n) is 4.61. The lowest BCUT2D eigenvalue weighted by Gasteiger charge is -2.09. The number of nitrogens with zero attached hydrogens (tertiary/aromatic N) is 1. The molecule has 2 rings (SSSR count). The fraction of sp³-hybridized carbons (Fsp3) is 0.125. The van der Waals surface area contributed by atoms with Gasteiger partial charge in [-0.05, 0) is 48.0 Å². The molecule has 0 aliphatic rings. The lowest BCUT2D eigenvalue weighted by Crippen LogP contribution is -2.17. The predicted octanol–water partition coefficient (Wildman–Crippen LogP) is 2.64. The zero-order chi connectivity index (χ0) is 17.5. The maximum Gasteiger partial charge on any atom is 0.387 e. The largest absolute Gasteiger partial charge is 0.493 e. The van der Waals surface area contributed by atoms with Gasteiger partial charge in [0.25, 0.3) is 5.91 Å². The summed E-state index contributed by atoms with van der Waals surface area (Å²) in [7, 11) is 1.33. The Morgan fingerprint density at radius 2 is 1.92 bits per heavy atom. The van der Waals surface area contributed by atoms with E-state index in [4.69, 9.17) is 10.5 Å². The van der Waals surface area contributed by atoms with Crippen molar-refractivity contribution in [2.75, 3.05) is 12.8 Å². The monoisotopic (exact) mass is 335 g/mol. The van der Waals surface area contributed by atoms with Gasteiger partial charge in [-0.2, -0.15) is 13.9 Å². The minimum atomic E-state index is -2.95. The van der Waals surface area contributed by atoms with Gasteiger partial charge >= 0.3 is 6.61 Å². The molecule has 1 amide bonds. The topological polar surface area (TPSA) is 85.9 Å². The number of hydrogen-bond donors (Lipinski definition) is 2. The number of alkyl halides is 2. The van der Waals surface area contributed by atoms with Gasteiger partial charge in [0.05, 0.1) is 13.3 Å². The summed E-state index contributed by atoms with van der Waals surface area (Å²) in [6.45, 7) is -2.95. The molecule has 2 aromatic carbocycles. The van der Waals surface area contributed by atoms with Crippen LogP contribution in [0.2, 0.25) is 0 Å². The third-order valence-corrected chi connectivity index (χ3v) is 2.96. The van der Waals surface area contributed by atoms with Crippen LogP contribution in [0.4, 0.5) is 14.5 Å². The van der Waals surface area contributed by atoms with E-state index < -0.39 is 12.5 Å². The van der Waals surface area contributed by atoms with Crippen molar-refractivity contribution in [2.45, 2.75) is 6.61 Å². The van der Waals surface area contributed by atoms with Crippen LogP contribution in [-0.4, -0.2) is 25.8 Å². The van der Waals surface area contributed by atoms with Crippen molar-refractivity contribution in [1.82, 2.24) is 5.43 Å². The van der Waals surface area contributed by atoms with Gasteiger partial charge in [-0.25, -0.2) is 5.43 Å². The fourth-order valence-corrected chi connectivity index (χ4v) is 1.82. The second kappa shape index (κ2) is 7.91. The van der Waals surface area contributed by atoms with Crippen LogP contribution >= 0.6 is 0 Å². The van der Waals surface area contributed by atoms with Crippen LogP contribution < -0.4 is 20.6 Å². The zero-order valence-corrected chi connectivity index (χ0v) is 12.7. The summed E-state index contributed by atoms with van der Waals surface area (Å²) in [6.07, 6.45) is 1.35. The maximum absolute atomic E-state index is 12.3. The minimum Gasteiger partial charge on any atom is -0.493 e. The number of nitrogen functional groups attached to an aromatic ring is 1. The molecule has 126 valence electrons. The summed E-state index contributed by atoms with van der Waals surface area (Å²) in [5, 5.41) is 3.81. The molecule has 0 saturated heterocycles. The van der Waals surface area contributed by atoms with Gasteiger partial charge in [-0.3, -0.25) is 4.79 Å². The quantitative estimate of drug-likeness (QED) is 0.483. The number of anilines is 1. The number of hydrogen-bond acceptors (Lipinski definition) is 5. The molecule has 0 saturated carbocycles. The number of carbonyl (C=O) groups is 1. The summed E-state index contributed by atoms with van der Waals surface area (Å²) < 4.78 is 33.8. The first kappa shape index (κ1) is 17.2. The number of ether oxygens (including phenoxy) is 2. The molecule has 0 aliphatic carbocycles. The normalized spacial score (nSPS) is 10.8. The standard InChI is InChI=1S/C16H15F2N3O3/c1-23-14-8-10(2-7-13(14)24-16(17)18)9-20-21-15(22)11-3-5-12(19)6-4-11/h2-9,16H,19H2,1H3,(H,21,22)/b20-9-. The number of rotatable bonds is 6. The molecule has 8 heteroatoms. The predicted molar refractivity (Wildman–Crippen MR) is 85.5 cm³/mol. The van der Waals surface area contributed by atoms with Crippen molar-refractivity contribution in [1.29, 1.82) is 0 Å². The van der Waals surface area contributed by atoms with E-state index in [9.17, 15) is 13.6 Å². The fourth-order valence-electron chi connectivity index (χ4n) is 1.82. The molecule has 0 atom stereocenters. The number of methoxy groups -OCH3 is 1. The molecule has 0 fully saturated rings. The highest BCUT2D eigenvalue weighted by Gasteiger charge is 2.10. The highest BCUT2D eigenvalue weighted by molar-refractivity contribution is 5.95. The SMILES string of the molecule is COc1cc(/C=N\NC(=O)c2ccc(N)cc2)ccc1OC(F)F. The summed E-state index contributed by atoms with van der Waals surface area (Å²) >= 11 is 0. The molecular weight excluding hydrogens is 320 g/mol. The van der Waals surface area contributed by atoms with Gasteiger partial charge in [-0.15, -0.1) is 0 Å². The molecule has 24 heavy (non-hydrogen) atoms. The molecule has 0 aromatic heterocycles. The van der Waals surface area contributed by atoms with Crippen LogP contribution in [-0.2, 0) is 0 Å². The molecule has 0 heterocycles. The van der Waals surface area contributed by atoms with Crippen molar-refractivity contribution >= 4 is 17.8 Å². The highest BCUT2D eigenvalue weighted by Crippen LogP contribution is 2.28. The number of hydrazone groups is 1. The molecule has 0 unspecified atom stereocenters. The first-order valence-corrected chi connectivity index (χ1v) is 6.81. The van der Waals surface area contributed by atoms with E-state index in [2.05, 4.69) is 15.3 Å². The van der Waals surface area contributed by atoms with Crippen molar-refractivity contribution in [3.8, 4) is 11.5 Å². The number of halogens is 2. The van der Waals surface area contributed by atoms with E-state index in [1.165, 1.54) is 31.5 Å². The number of nitrogens with one attached hydrogen (secondary N) is 1. The average molecular weight is 335 g/mol. The van der Waals surface area contributed by atoms with Crippen LogP contribution in [0.1, 0.15) is 15.9 Å². The summed E-state index contributed by atoms with van der Waals surface area (Å²) in [5.74, 6) is -0.365. The van der Waals surface area contributed by atoms with Crippen LogP contribution in [0, 0.1) is 0 Å². The van der Waals surface area contributed by atoms with Gasteiger partial charge in [0.2, 0.25) is 0 Å². The number of amides is 1. The third kappa shape index (κ3) is 4.67. The number of carbonyl (C=O) groups excluding carboxylic acids is 1. The van der Waals surface area contributed by atoms with Crippen LogP contribution in [0.25, 0.3) is 0 Å². The zero-order valence-electron chi connectivity index (χ0n) is 12.7. The van der Waals surface area contributed by atoms with Crippen molar-refractivity contribution in [2.24, 2.45) is 5.10 Å². The van der Waals surface area contributed by atoms with Crippen molar-refractivity contribution < 1.29 is 23.0 Å². The van der Waals surface area contributed by atoms with E-state index in [1.54, 1.807) is 24.3 Å². The Morgan fingerprint density at radius 3 is 2.54 bits per heavy atom. The van der Waals surface area contributed by atoms with Crippen molar-refractivity contribution in [3.63, 3.8) is 0 Å². The molecule has 2 aromatic rings. The molecule has 3 N–H and O–H groups in total. The van der Waals surface area contributed by atoms with E-state index in [0.29, 0.717) is 16.8 Å².